The monoisotopic (exact) mass is 263 g/mol. The molecule has 0 saturated carbocycles. The van der Waals surface area contributed by atoms with Crippen molar-refractivity contribution in [3.63, 3.8) is 0 Å². The third-order valence-corrected chi connectivity index (χ3v) is 2.74. The molecule has 1 aromatic rings. The van der Waals surface area contributed by atoms with E-state index in [2.05, 4.69) is 0 Å². The van der Waals surface area contributed by atoms with Crippen LogP contribution < -0.4 is 11.3 Å². The minimum Gasteiger partial charge on any atom is -0.362 e. The standard InChI is InChI=1S/C12H13N3O4/c13-14-12(18)9-3-1-8(2-4-9)5-15-10(16)6-19-7-11(15)17/h1-4H,5-7,13H2,(H,14,18). The molecule has 0 aliphatic carbocycles. The van der Waals surface area contributed by atoms with E-state index in [0.717, 1.165) is 10.5 Å². The maximum atomic E-state index is 11.5. The fraction of sp³-hybridized carbons (Fsp3) is 0.250. The van der Waals surface area contributed by atoms with Crippen molar-refractivity contribution in [2.75, 3.05) is 13.2 Å². The van der Waals surface area contributed by atoms with Crippen LogP contribution in [-0.4, -0.2) is 35.8 Å². The summed E-state index contributed by atoms with van der Waals surface area (Å²) in [6, 6.07) is 6.49. The van der Waals surface area contributed by atoms with E-state index in [4.69, 9.17) is 10.6 Å². The number of ether oxygens (including phenoxy) is 1. The molecule has 0 spiro atoms. The van der Waals surface area contributed by atoms with Crippen LogP contribution in [0.4, 0.5) is 0 Å². The van der Waals surface area contributed by atoms with Gasteiger partial charge in [0.15, 0.2) is 0 Å². The maximum Gasteiger partial charge on any atom is 0.265 e. The van der Waals surface area contributed by atoms with Gasteiger partial charge >= 0.3 is 0 Å². The molecule has 0 aromatic heterocycles. The summed E-state index contributed by atoms with van der Waals surface area (Å²) < 4.78 is 4.82. The zero-order chi connectivity index (χ0) is 13.8. The Balaban J connectivity index is 2.08. The number of benzene rings is 1. The van der Waals surface area contributed by atoms with Crippen molar-refractivity contribution in [3.05, 3.63) is 35.4 Å². The van der Waals surface area contributed by atoms with Crippen molar-refractivity contribution in [2.45, 2.75) is 6.54 Å². The molecular weight excluding hydrogens is 250 g/mol. The number of hydrogen-bond acceptors (Lipinski definition) is 5. The van der Waals surface area contributed by atoms with Crippen LogP contribution in [0.25, 0.3) is 0 Å². The number of hydrazine groups is 1. The Morgan fingerprint density at radius 3 is 2.32 bits per heavy atom. The first-order valence-corrected chi connectivity index (χ1v) is 5.62. The van der Waals surface area contributed by atoms with Gasteiger partial charge in [-0.05, 0) is 17.7 Å². The van der Waals surface area contributed by atoms with Crippen molar-refractivity contribution >= 4 is 17.7 Å². The molecule has 0 bridgehead atoms. The van der Waals surface area contributed by atoms with Gasteiger partial charge in [-0.2, -0.15) is 0 Å². The van der Waals surface area contributed by atoms with E-state index in [9.17, 15) is 14.4 Å². The Morgan fingerprint density at radius 1 is 1.21 bits per heavy atom. The Bertz CT molecular complexity index is 496. The van der Waals surface area contributed by atoms with Gasteiger partial charge in [0, 0.05) is 5.56 Å². The van der Waals surface area contributed by atoms with Crippen molar-refractivity contribution in [1.29, 1.82) is 0 Å². The average Bonchev–Trinajstić information content (AvgIpc) is 2.43. The van der Waals surface area contributed by atoms with E-state index in [1.54, 1.807) is 24.3 Å². The molecule has 1 heterocycles. The number of nitrogens with one attached hydrogen (secondary N) is 1. The molecule has 3 amide bonds. The van der Waals surface area contributed by atoms with Gasteiger partial charge in [-0.15, -0.1) is 0 Å². The second-order valence-electron chi connectivity index (χ2n) is 4.04. The molecule has 1 fully saturated rings. The zero-order valence-corrected chi connectivity index (χ0v) is 10.1. The molecule has 19 heavy (non-hydrogen) atoms. The van der Waals surface area contributed by atoms with Crippen molar-refractivity contribution < 1.29 is 19.1 Å². The second-order valence-corrected chi connectivity index (χ2v) is 4.04. The maximum absolute atomic E-state index is 11.5. The number of carbonyl (C=O) groups is 3. The Kier molecular flexibility index (Phi) is 3.88. The first kappa shape index (κ1) is 13.2. The van der Waals surface area contributed by atoms with E-state index in [0.29, 0.717) is 5.56 Å². The van der Waals surface area contributed by atoms with Crippen molar-refractivity contribution in [2.24, 2.45) is 5.84 Å². The number of nitrogens with zero attached hydrogens (tertiary/aromatic N) is 1. The molecule has 7 nitrogen and oxygen atoms in total. The van der Waals surface area contributed by atoms with E-state index in [-0.39, 0.29) is 31.6 Å². The average molecular weight is 263 g/mol. The summed E-state index contributed by atoms with van der Waals surface area (Å²) in [5, 5.41) is 0. The second kappa shape index (κ2) is 5.59. The highest BCUT2D eigenvalue weighted by molar-refractivity contribution is 5.98. The topological polar surface area (TPSA) is 102 Å². The van der Waals surface area contributed by atoms with Crippen molar-refractivity contribution in [1.82, 2.24) is 10.3 Å². The molecule has 2 rings (SSSR count). The molecule has 0 atom stereocenters. The summed E-state index contributed by atoms with van der Waals surface area (Å²) in [5.74, 6) is 3.90. The summed E-state index contributed by atoms with van der Waals surface area (Å²) in [6.07, 6.45) is 0. The Morgan fingerprint density at radius 2 is 1.79 bits per heavy atom. The van der Waals surface area contributed by atoms with E-state index >= 15 is 0 Å². The highest BCUT2D eigenvalue weighted by Gasteiger charge is 2.26. The van der Waals surface area contributed by atoms with Crippen LogP contribution in [0.2, 0.25) is 0 Å². The molecule has 1 aromatic carbocycles. The number of nitrogen functional groups attached to an aromatic ring is 1. The third kappa shape index (κ3) is 2.95. The summed E-state index contributed by atoms with van der Waals surface area (Å²) in [5.41, 5.74) is 3.18. The van der Waals surface area contributed by atoms with Gasteiger partial charge in [-0.3, -0.25) is 24.7 Å². The summed E-state index contributed by atoms with van der Waals surface area (Å²) in [6.45, 7) is 0.00432. The highest BCUT2D eigenvalue weighted by Crippen LogP contribution is 2.10. The largest absolute Gasteiger partial charge is 0.362 e. The molecule has 100 valence electrons. The lowest BCUT2D eigenvalue weighted by Gasteiger charge is -2.24. The normalized spacial score (nSPS) is 15.5. The number of nitrogens with two attached hydrogens (primary N) is 1. The molecule has 1 saturated heterocycles. The number of carbonyl (C=O) groups excluding carboxylic acids is 3. The van der Waals surface area contributed by atoms with Crippen LogP contribution in [0.3, 0.4) is 0 Å². The fourth-order valence-electron chi connectivity index (χ4n) is 1.72. The third-order valence-electron chi connectivity index (χ3n) is 2.74. The Hall–Kier alpha value is -2.25. The molecular formula is C12H13N3O4. The number of amides is 3. The van der Waals surface area contributed by atoms with Gasteiger partial charge in [0.2, 0.25) is 0 Å². The Labute approximate surface area is 109 Å². The van der Waals surface area contributed by atoms with E-state index in [1.807, 2.05) is 5.43 Å². The van der Waals surface area contributed by atoms with Crippen LogP contribution in [0.5, 0.6) is 0 Å². The van der Waals surface area contributed by atoms with Gasteiger partial charge in [0.1, 0.15) is 13.2 Å². The van der Waals surface area contributed by atoms with Crippen LogP contribution in [0.15, 0.2) is 24.3 Å². The van der Waals surface area contributed by atoms with Crippen LogP contribution in [0, 0.1) is 0 Å². The highest BCUT2D eigenvalue weighted by atomic mass is 16.5. The van der Waals surface area contributed by atoms with Crippen LogP contribution >= 0.6 is 0 Å². The van der Waals surface area contributed by atoms with Gasteiger partial charge in [-0.1, -0.05) is 12.1 Å². The number of morpholine rings is 1. The number of rotatable bonds is 3. The minimum absolute atomic E-state index is 0.0839. The van der Waals surface area contributed by atoms with Gasteiger partial charge < -0.3 is 4.74 Å². The first-order chi connectivity index (χ1) is 9.11. The molecule has 3 N–H and O–H groups in total. The van der Waals surface area contributed by atoms with Crippen LogP contribution in [-0.2, 0) is 20.9 Å². The number of imide groups is 1. The molecule has 1 aliphatic rings. The molecule has 0 radical (unpaired) electrons. The predicted molar refractivity (Wildman–Crippen MR) is 64.5 cm³/mol. The van der Waals surface area contributed by atoms with Gasteiger partial charge in [0.25, 0.3) is 17.7 Å². The minimum atomic E-state index is -0.398. The molecule has 7 heteroatoms. The van der Waals surface area contributed by atoms with E-state index < -0.39 is 5.91 Å². The number of hydrogen-bond donors (Lipinski definition) is 2. The lowest BCUT2D eigenvalue weighted by atomic mass is 10.1. The molecule has 1 aliphatic heterocycles. The smallest absolute Gasteiger partial charge is 0.265 e. The lowest BCUT2D eigenvalue weighted by molar-refractivity contribution is -0.159. The zero-order valence-electron chi connectivity index (χ0n) is 10.1. The fourth-order valence-corrected chi connectivity index (χ4v) is 1.72. The van der Waals surface area contributed by atoms with Gasteiger partial charge in [-0.25, -0.2) is 5.84 Å². The summed E-state index contributed by atoms with van der Waals surface area (Å²) >= 11 is 0. The summed E-state index contributed by atoms with van der Waals surface area (Å²) in [4.78, 5) is 35.4. The first-order valence-electron chi connectivity index (χ1n) is 5.62. The van der Waals surface area contributed by atoms with E-state index in [1.165, 1.54) is 0 Å². The van der Waals surface area contributed by atoms with Gasteiger partial charge in [0.05, 0.1) is 6.54 Å². The molecule has 0 unspecified atom stereocenters. The lowest BCUT2D eigenvalue weighted by Crippen LogP contribution is -2.45. The SMILES string of the molecule is NNC(=O)c1ccc(CN2C(=O)COCC2=O)cc1. The quantitative estimate of drug-likeness (QED) is 0.321. The predicted octanol–water partition coefficient (Wildman–Crippen LogP) is -0.825. The van der Waals surface area contributed by atoms with Crippen molar-refractivity contribution in [3.8, 4) is 0 Å². The summed E-state index contributed by atoms with van der Waals surface area (Å²) in [7, 11) is 0. The van der Waals surface area contributed by atoms with Crippen LogP contribution in [0.1, 0.15) is 15.9 Å².